The maximum Gasteiger partial charge on any atom is 0.144 e. The number of hydrogen-bond acceptors (Lipinski definition) is 0. The van der Waals surface area contributed by atoms with Crippen molar-refractivity contribution in [1.82, 2.24) is 0 Å². The van der Waals surface area contributed by atoms with Gasteiger partial charge in [-0.1, -0.05) is 25.4 Å². The van der Waals surface area contributed by atoms with Crippen LogP contribution in [0.4, 0.5) is 8.78 Å². The van der Waals surface area contributed by atoms with Gasteiger partial charge in [0.05, 0.1) is 5.02 Å². The molecule has 66 valence electrons. The summed E-state index contributed by atoms with van der Waals surface area (Å²) in [5.74, 6) is -1.23. The van der Waals surface area contributed by atoms with E-state index < -0.39 is 11.6 Å². The molecular weight excluding hydrogens is 182 g/mol. The van der Waals surface area contributed by atoms with Gasteiger partial charge in [0.25, 0.3) is 0 Å². The average Bonchev–Trinajstić information content (AvgIpc) is 1.96. The third kappa shape index (κ3) is 1.75. The lowest BCUT2D eigenvalue weighted by Crippen LogP contribution is -1.94. The Hall–Kier alpha value is -0.630. The molecule has 0 amide bonds. The molecule has 1 aromatic carbocycles. The quantitative estimate of drug-likeness (QED) is 0.592. The molecule has 0 heterocycles. The van der Waals surface area contributed by atoms with Gasteiger partial charge in [-0.3, -0.25) is 0 Å². The van der Waals surface area contributed by atoms with Crippen molar-refractivity contribution >= 4 is 11.6 Å². The van der Waals surface area contributed by atoms with Crippen LogP contribution in [0.25, 0.3) is 0 Å². The Labute approximate surface area is 75.2 Å². The standard InChI is InChI=1S/C9H9ClF2/c1-5(2)6-3-7(10)9(12)4-8(6)11/h3-5H,1-2H3. The summed E-state index contributed by atoms with van der Waals surface area (Å²) in [6.45, 7) is 3.65. The molecule has 0 radical (unpaired) electrons. The lowest BCUT2D eigenvalue weighted by atomic mass is 10.0. The first-order valence-electron chi connectivity index (χ1n) is 3.67. The number of benzene rings is 1. The van der Waals surface area contributed by atoms with Gasteiger partial charge in [0, 0.05) is 6.07 Å². The molecule has 1 aromatic rings. The molecular formula is C9H9ClF2. The Kier molecular flexibility index (Phi) is 2.68. The normalized spacial score (nSPS) is 10.8. The van der Waals surface area contributed by atoms with Crippen molar-refractivity contribution in [3.63, 3.8) is 0 Å². The van der Waals surface area contributed by atoms with Crippen LogP contribution < -0.4 is 0 Å². The Bertz CT molecular complexity index is 295. The fraction of sp³-hybridized carbons (Fsp3) is 0.333. The molecule has 0 saturated carbocycles. The lowest BCUT2D eigenvalue weighted by Gasteiger charge is -2.07. The van der Waals surface area contributed by atoms with Crippen molar-refractivity contribution < 1.29 is 8.78 Å². The zero-order valence-corrected chi connectivity index (χ0v) is 7.62. The number of hydrogen-bond donors (Lipinski definition) is 0. The lowest BCUT2D eigenvalue weighted by molar-refractivity contribution is 0.565. The molecule has 0 aliphatic heterocycles. The predicted molar refractivity (Wildman–Crippen MR) is 45.5 cm³/mol. The van der Waals surface area contributed by atoms with Crippen LogP contribution >= 0.6 is 11.6 Å². The molecule has 1 rings (SSSR count). The smallest absolute Gasteiger partial charge is 0.144 e. The van der Waals surface area contributed by atoms with Crippen molar-refractivity contribution in [1.29, 1.82) is 0 Å². The highest BCUT2D eigenvalue weighted by molar-refractivity contribution is 6.30. The average molecular weight is 191 g/mol. The summed E-state index contributed by atoms with van der Waals surface area (Å²) in [6, 6.07) is 2.15. The van der Waals surface area contributed by atoms with E-state index in [4.69, 9.17) is 11.6 Å². The Morgan fingerprint density at radius 3 is 2.25 bits per heavy atom. The summed E-state index contributed by atoms with van der Waals surface area (Å²) in [6.07, 6.45) is 0. The maximum atomic E-state index is 13.0. The molecule has 0 nitrogen and oxygen atoms in total. The second-order valence-corrected chi connectivity index (χ2v) is 3.35. The topological polar surface area (TPSA) is 0 Å². The minimum atomic E-state index is -0.710. The monoisotopic (exact) mass is 190 g/mol. The van der Waals surface area contributed by atoms with Gasteiger partial charge in [-0.05, 0) is 17.5 Å². The minimum absolute atomic E-state index is 0.0168. The maximum absolute atomic E-state index is 13.0. The van der Waals surface area contributed by atoms with Crippen LogP contribution in [-0.4, -0.2) is 0 Å². The highest BCUT2D eigenvalue weighted by Crippen LogP contribution is 2.24. The molecule has 0 spiro atoms. The summed E-state index contributed by atoms with van der Waals surface area (Å²) in [5, 5.41) is -0.0277. The summed E-state index contributed by atoms with van der Waals surface area (Å²) < 4.78 is 25.6. The van der Waals surface area contributed by atoms with Crippen molar-refractivity contribution in [2.75, 3.05) is 0 Å². The molecule has 3 heteroatoms. The van der Waals surface area contributed by atoms with Gasteiger partial charge in [0.1, 0.15) is 11.6 Å². The molecule has 12 heavy (non-hydrogen) atoms. The van der Waals surface area contributed by atoms with Gasteiger partial charge < -0.3 is 0 Å². The van der Waals surface area contributed by atoms with Gasteiger partial charge in [-0.2, -0.15) is 0 Å². The zero-order valence-electron chi connectivity index (χ0n) is 6.87. The first-order chi connectivity index (χ1) is 5.52. The molecule has 0 saturated heterocycles. The van der Waals surface area contributed by atoms with Crippen LogP contribution in [0.2, 0.25) is 5.02 Å². The zero-order chi connectivity index (χ0) is 9.30. The Morgan fingerprint density at radius 1 is 1.17 bits per heavy atom. The summed E-state index contributed by atoms with van der Waals surface area (Å²) in [4.78, 5) is 0. The van der Waals surface area contributed by atoms with E-state index in [0.29, 0.717) is 5.56 Å². The van der Waals surface area contributed by atoms with Gasteiger partial charge in [0.15, 0.2) is 0 Å². The fourth-order valence-corrected chi connectivity index (χ4v) is 1.15. The molecule has 0 bridgehead atoms. The highest BCUT2D eigenvalue weighted by Gasteiger charge is 2.10. The number of halogens is 3. The first kappa shape index (κ1) is 9.46. The van der Waals surface area contributed by atoms with E-state index in [1.54, 1.807) is 0 Å². The van der Waals surface area contributed by atoms with E-state index in [1.807, 2.05) is 13.8 Å². The largest absolute Gasteiger partial charge is 0.207 e. The van der Waals surface area contributed by atoms with E-state index in [-0.39, 0.29) is 10.9 Å². The molecule has 0 unspecified atom stereocenters. The van der Waals surface area contributed by atoms with E-state index in [9.17, 15) is 8.78 Å². The summed E-state index contributed by atoms with van der Waals surface area (Å²) in [7, 11) is 0. The SMILES string of the molecule is CC(C)c1cc(Cl)c(F)cc1F. The fourth-order valence-electron chi connectivity index (χ4n) is 0.980. The molecule has 0 aliphatic carbocycles. The third-order valence-electron chi connectivity index (χ3n) is 1.66. The second-order valence-electron chi connectivity index (χ2n) is 2.94. The van der Waals surface area contributed by atoms with E-state index in [0.717, 1.165) is 6.07 Å². The van der Waals surface area contributed by atoms with Gasteiger partial charge >= 0.3 is 0 Å². The van der Waals surface area contributed by atoms with Crippen LogP contribution in [0.3, 0.4) is 0 Å². The van der Waals surface area contributed by atoms with E-state index >= 15 is 0 Å². The Balaban J connectivity index is 3.23. The Morgan fingerprint density at radius 2 is 1.75 bits per heavy atom. The molecule has 0 atom stereocenters. The van der Waals surface area contributed by atoms with Crippen LogP contribution in [0, 0.1) is 11.6 Å². The summed E-state index contributed by atoms with van der Waals surface area (Å²) >= 11 is 5.49. The van der Waals surface area contributed by atoms with Gasteiger partial charge in [-0.25, -0.2) is 8.78 Å². The molecule has 0 aromatic heterocycles. The van der Waals surface area contributed by atoms with Crippen molar-refractivity contribution in [3.8, 4) is 0 Å². The molecule has 0 fully saturated rings. The predicted octanol–water partition coefficient (Wildman–Crippen LogP) is 3.74. The van der Waals surface area contributed by atoms with Gasteiger partial charge in [-0.15, -0.1) is 0 Å². The van der Waals surface area contributed by atoms with E-state index in [2.05, 4.69) is 0 Å². The molecule has 0 N–H and O–H groups in total. The molecule has 0 aliphatic rings. The third-order valence-corrected chi connectivity index (χ3v) is 1.95. The first-order valence-corrected chi connectivity index (χ1v) is 4.04. The van der Waals surface area contributed by atoms with Crippen LogP contribution in [0.15, 0.2) is 12.1 Å². The highest BCUT2D eigenvalue weighted by atomic mass is 35.5. The second kappa shape index (κ2) is 3.40. The van der Waals surface area contributed by atoms with Crippen LogP contribution in [-0.2, 0) is 0 Å². The minimum Gasteiger partial charge on any atom is -0.207 e. The van der Waals surface area contributed by atoms with Crippen molar-refractivity contribution in [2.24, 2.45) is 0 Å². The van der Waals surface area contributed by atoms with Crippen molar-refractivity contribution in [3.05, 3.63) is 34.4 Å². The van der Waals surface area contributed by atoms with E-state index in [1.165, 1.54) is 6.07 Å². The van der Waals surface area contributed by atoms with Crippen LogP contribution in [0.5, 0.6) is 0 Å². The van der Waals surface area contributed by atoms with Crippen LogP contribution in [0.1, 0.15) is 25.3 Å². The van der Waals surface area contributed by atoms with Crippen molar-refractivity contribution in [2.45, 2.75) is 19.8 Å². The number of rotatable bonds is 1. The summed E-state index contributed by atoms with van der Waals surface area (Å²) in [5.41, 5.74) is 0.446. The van der Waals surface area contributed by atoms with Gasteiger partial charge in [0.2, 0.25) is 0 Å².